The first-order valence-electron chi connectivity index (χ1n) is 5.68. The van der Waals surface area contributed by atoms with Crippen LogP contribution in [0.3, 0.4) is 0 Å². The molecule has 0 atom stereocenters. The molecule has 1 rings (SSSR count). The summed E-state index contributed by atoms with van der Waals surface area (Å²) in [5.74, 6) is 0.495. The predicted molar refractivity (Wildman–Crippen MR) is 78.0 cm³/mol. The van der Waals surface area contributed by atoms with Crippen LogP contribution in [0.15, 0.2) is 22.7 Å². The smallest absolute Gasteiger partial charge is 0.0640 e. The number of rotatable bonds is 7. The van der Waals surface area contributed by atoms with E-state index in [1.165, 1.54) is 0 Å². The van der Waals surface area contributed by atoms with Crippen molar-refractivity contribution in [2.75, 3.05) is 31.7 Å². The third kappa shape index (κ3) is 4.49. The van der Waals surface area contributed by atoms with Gasteiger partial charge in [-0.25, -0.2) is 0 Å². The van der Waals surface area contributed by atoms with Crippen LogP contribution in [-0.4, -0.2) is 26.8 Å². The lowest BCUT2D eigenvalue weighted by Gasteiger charge is -2.25. The molecular weight excluding hydrogens is 316 g/mol. The summed E-state index contributed by atoms with van der Waals surface area (Å²) >= 11 is 9.35. The minimum atomic E-state index is 0.493. The molecule has 18 heavy (non-hydrogen) atoms. The molecule has 0 spiro atoms. The molecule has 0 N–H and O–H groups in total. The maximum absolute atomic E-state index is 8.70. The van der Waals surface area contributed by atoms with Gasteiger partial charge in [-0.1, -0.05) is 6.07 Å². The van der Waals surface area contributed by atoms with Crippen LogP contribution in [0.5, 0.6) is 0 Å². The zero-order chi connectivity index (χ0) is 13.4. The van der Waals surface area contributed by atoms with Gasteiger partial charge in [-0.3, -0.25) is 0 Å². The Morgan fingerprint density at radius 3 is 2.78 bits per heavy atom. The molecule has 0 saturated heterocycles. The fourth-order valence-electron chi connectivity index (χ4n) is 1.63. The molecule has 0 aliphatic rings. The lowest BCUT2D eigenvalue weighted by Crippen LogP contribution is -2.28. The van der Waals surface area contributed by atoms with Crippen LogP contribution in [0.4, 0.5) is 5.69 Å². The molecule has 0 aliphatic carbocycles. The summed E-state index contributed by atoms with van der Waals surface area (Å²) in [5, 5.41) is 8.70. The van der Waals surface area contributed by atoms with Crippen molar-refractivity contribution in [3.05, 3.63) is 28.2 Å². The van der Waals surface area contributed by atoms with Gasteiger partial charge in [0.05, 0.1) is 24.8 Å². The Labute approximate surface area is 121 Å². The van der Waals surface area contributed by atoms with E-state index in [9.17, 15) is 0 Å². The summed E-state index contributed by atoms with van der Waals surface area (Å²) in [5.41, 5.74) is 2.13. The standard InChI is InChI=1S/C13H16BrClN2O/c1-18-8-7-17(6-2-5-16)13-4-3-11(10-15)9-12(13)14/h3-4,9H,2,6-8,10H2,1H3. The van der Waals surface area contributed by atoms with Crippen molar-refractivity contribution in [3.8, 4) is 6.07 Å². The molecule has 5 heteroatoms. The number of benzene rings is 1. The second-order valence-corrected chi connectivity index (χ2v) is 4.93. The Balaban J connectivity index is 2.86. The number of methoxy groups -OCH3 is 1. The summed E-state index contributed by atoms with van der Waals surface area (Å²) in [6.45, 7) is 2.09. The van der Waals surface area contributed by atoms with E-state index in [0.29, 0.717) is 25.5 Å². The monoisotopic (exact) mass is 330 g/mol. The van der Waals surface area contributed by atoms with Crippen LogP contribution >= 0.6 is 27.5 Å². The number of hydrogen-bond donors (Lipinski definition) is 0. The van der Waals surface area contributed by atoms with Crippen LogP contribution in [0.2, 0.25) is 0 Å². The highest BCUT2D eigenvalue weighted by atomic mass is 79.9. The number of ether oxygens (including phenoxy) is 1. The third-order valence-electron chi connectivity index (χ3n) is 2.57. The Kier molecular flexibility index (Phi) is 7.11. The summed E-state index contributed by atoms with van der Waals surface area (Å²) < 4.78 is 6.09. The first-order chi connectivity index (χ1) is 8.72. The fourth-order valence-corrected chi connectivity index (χ4v) is 2.47. The lowest BCUT2D eigenvalue weighted by atomic mass is 10.2. The molecule has 1 aromatic carbocycles. The fraction of sp³-hybridized carbons (Fsp3) is 0.462. The SMILES string of the molecule is COCCN(CCC#N)c1ccc(CCl)cc1Br. The van der Waals surface area contributed by atoms with Crippen molar-refractivity contribution in [3.63, 3.8) is 0 Å². The van der Waals surface area contributed by atoms with E-state index < -0.39 is 0 Å². The number of nitriles is 1. The van der Waals surface area contributed by atoms with E-state index in [-0.39, 0.29) is 0 Å². The van der Waals surface area contributed by atoms with Crippen molar-refractivity contribution in [1.29, 1.82) is 5.26 Å². The molecule has 0 aromatic heterocycles. The molecule has 0 amide bonds. The van der Waals surface area contributed by atoms with Gasteiger partial charge in [0, 0.05) is 30.6 Å². The number of halogens is 2. The van der Waals surface area contributed by atoms with Crippen molar-refractivity contribution in [2.45, 2.75) is 12.3 Å². The van der Waals surface area contributed by atoms with Crippen molar-refractivity contribution in [2.24, 2.45) is 0 Å². The van der Waals surface area contributed by atoms with Crippen LogP contribution in [-0.2, 0) is 10.6 Å². The predicted octanol–water partition coefficient (Wildman–Crippen LogP) is 3.55. The highest BCUT2D eigenvalue weighted by molar-refractivity contribution is 9.10. The Morgan fingerprint density at radius 1 is 1.44 bits per heavy atom. The minimum Gasteiger partial charge on any atom is -0.383 e. The first kappa shape index (κ1) is 15.3. The van der Waals surface area contributed by atoms with E-state index >= 15 is 0 Å². The molecule has 0 bridgehead atoms. The third-order valence-corrected chi connectivity index (χ3v) is 3.51. The number of hydrogen-bond acceptors (Lipinski definition) is 3. The largest absolute Gasteiger partial charge is 0.383 e. The Morgan fingerprint density at radius 2 is 2.22 bits per heavy atom. The average Bonchev–Trinajstić information content (AvgIpc) is 2.39. The molecule has 0 radical (unpaired) electrons. The van der Waals surface area contributed by atoms with E-state index in [0.717, 1.165) is 22.3 Å². The molecule has 0 heterocycles. The van der Waals surface area contributed by atoms with Gasteiger partial charge < -0.3 is 9.64 Å². The minimum absolute atomic E-state index is 0.493. The van der Waals surface area contributed by atoms with Gasteiger partial charge in [-0.05, 0) is 33.6 Å². The molecule has 0 unspecified atom stereocenters. The normalized spacial score (nSPS) is 10.1. The molecule has 1 aromatic rings. The maximum atomic E-state index is 8.70. The second-order valence-electron chi connectivity index (χ2n) is 3.81. The van der Waals surface area contributed by atoms with Crippen molar-refractivity contribution >= 4 is 33.2 Å². The molecule has 0 fully saturated rings. The van der Waals surface area contributed by atoms with Crippen LogP contribution in [0.25, 0.3) is 0 Å². The van der Waals surface area contributed by atoms with Crippen molar-refractivity contribution in [1.82, 2.24) is 0 Å². The first-order valence-corrected chi connectivity index (χ1v) is 7.01. The van der Waals surface area contributed by atoms with Crippen molar-refractivity contribution < 1.29 is 4.74 Å². The summed E-state index contributed by atoms with van der Waals surface area (Å²) in [7, 11) is 1.67. The number of anilines is 1. The van der Waals surface area contributed by atoms with Gasteiger partial charge in [0.25, 0.3) is 0 Å². The molecular formula is C13H16BrClN2O. The molecule has 0 aliphatic heterocycles. The van der Waals surface area contributed by atoms with Gasteiger partial charge in [0.1, 0.15) is 0 Å². The molecule has 0 saturated carbocycles. The van der Waals surface area contributed by atoms with E-state index in [1.807, 2.05) is 18.2 Å². The van der Waals surface area contributed by atoms with Crippen LogP contribution in [0.1, 0.15) is 12.0 Å². The van der Waals surface area contributed by atoms with Gasteiger partial charge >= 0.3 is 0 Å². The van der Waals surface area contributed by atoms with Crippen LogP contribution in [0, 0.1) is 11.3 Å². The molecule has 98 valence electrons. The van der Waals surface area contributed by atoms with Gasteiger partial charge in [-0.15, -0.1) is 11.6 Å². The molecule has 3 nitrogen and oxygen atoms in total. The topological polar surface area (TPSA) is 36.3 Å². The van der Waals surface area contributed by atoms with E-state index in [1.54, 1.807) is 7.11 Å². The summed E-state index contributed by atoms with van der Waals surface area (Å²) in [4.78, 5) is 2.13. The number of alkyl halides is 1. The van der Waals surface area contributed by atoms with Gasteiger partial charge in [0.15, 0.2) is 0 Å². The van der Waals surface area contributed by atoms with Gasteiger partial charge in [0.2, 0.25) is 0 Å². The Bertz CT molecular complexity index is 420. The Hall–Kier alpha value is -0.760. The summed E-state index contributed by atoms with van der Waals surface area (Å²) in [6, 6.07) is 8.20. The van der Waals surface area contributed by atoms with Gasteiger partial charge in [-0.2, -0.15) is 5.26 Å². The quantitative estimate of drug-likeness (QED) is 0.717. The zero-order valence-corrected chi connectivity index (χ0v) is 12.7. The lowest BCUT2D eigenvalue weighted by molar-refractivity contribution is 0.205. The highest BCUT2D eigenvalue weighted by Crippen LogP contribution is 2.28. The van der Waals surface area contributed by atoms with E-state index in [4.69, 9.17) is 21.6 Å². The maximum Gasteiger partial charge on any atom is 0.0640 e. The zero-order valence-electron chi connectivity index (χ0n) is 10.3. The van der Waals surface area contributed by atoms with Crippen LogP contribution < -0.4 is 4.90 Å². The number of nitrogens with zero attached hydrogens (tertiary/aromatic N) is 2. The average molecular weight is 332 g/mol. The highest BCUT2D eigenvalue weighted by Gasteiger charge is 2.10. The summed E-state index contributed by atoms with van der Waals surface area (Å²) in [6.07, 6.45) is 0.493. The van der Waals surface area contributed by atoms with E-state index in [2.05, 4.69) is 26.9 Å². The second kappa shape index (κ2) is 8.36.